The van der Waals surface area contributed by atoms with Gasteiger partial charge in [-0.05, 0) is 36.8 Å². The van der Waals surface area contributed by atoms with E-state index in [9.17, 15) is 9.59 Å². The standard InChI is InChI=1S/C23H25N3O2S/c1-3-4-8-17-11-13-19(14-12-17)24-21(27)16-26-22(28)15-20(25-23(26)29-2)18-9-6-5-7-10-18/h5-7,9-15H,3-4,8,16H2,1-2H3,(H,24,27). The summed E-state index contributed by atoms with van der Waals surface area (Å²) in [5.74, 6) is -0.252. The lowest BCUT2D eigenvalue weighted by Gasteiger charge is -2.12. The van der Waals surface area contributed by atoms with E-state index in [1.807, 2.05) is 60.9 Å². The van der Waals surface area contributed by atoms with Crippen LogP contribution >= 0.6 is 11.8 Å². The average Bonchev–Trinajstić information content (AvgIpc) is 2.75. The van der Waals surface area contributed by atoms with Crippen molar-refractivity contribution in [2.45, 2.75) is 37.9 Å². The number of aromatic nitrogens is 2. The predicted molar refractivity (Wildman–Crippen MR) is 119 cm³/mol. The summed E-state index contributed by atoms with van der Waals surface area (Å²) in [6, 6.07) is 18.9. The smallest absolute Gasteiger partial charge is 0.255 e. The zero-order valence-electron chi connectivity index (χ0n) is 16.7. The van der Waals surface area contributed by atoms with Gasteiger partial charge in [0, 0.05) is 17.3 Å². The quantitative estimate of drug-likeness (QED) is 0.437. The van der Waals surface area contributed by atoms with Crippen LogP contribution in [-0.4, -0.2) is 21.7 Å². The number of aryl methyl sites for hydroxylation is 1. The van der Waals surface area contributed by atoms with Crippen LogP contribution in [0.2, 0.25) is 0 Å². The summed E-state index contributed by atoms with van der Waals surface area (Å²) in [5.41, 5.74) is 3.22. The molecule has 0 bridgehead atoms. The monoisotopic (exact) mass is 407 g/mol. The van der Waals surface area contributed by atoms with Gasteiger partial charge in [0.05, 0.1) is 5.69 Å². The Balaban J connectivity index is 1.73. The Hall–Kier alpha value is -2.86. The highest BCUT2D eigenvalue weighted by Gasteiger charge is 2.13. The number of thioether (sulfide) groups is 1. The minimum atomic E-state index is -0.252. The topological polar surface area (TPSA) is 64.0 Å². The third-order valence-electron chi connectivity index (χ3n) is 4.58. The fraction of sp³-hybridized carbons (Fsp3) is 0.261. The molecule has 29 heavy (non-hydrogen) atoms. The maximum atomic E-state index is 12.7. The van der Waals surface area contributed by atoms with Crippen LogP contribution in [0.3, 0.4) is 0 Å². The maximum Gasteiger partial charge on any atom is 0.255 e. The number of unbranched alkanes of at least 4 members (excludes halogenated alkanes) is 1. The molecule has 1 N–H and O–H groups in total. The Bertz CT molecular complexity index is 1010. The van der Waals surface area contributed by atoms with E-state index in [-0.39, 0.29) is 18.0 Å². The van der Waals surface area contributed by atoms with Crippen molar-refractivity contribution in [3.05, 3.63) is 76.6 Å². The number of nitrogens with one attached hydrogen (secondary N) is 1. The first-order valence-electron chi connectivity index (χ1n) is 9.70. The summed E-state index contributed by atoms with van der Waals surface area (Å²) in [6.07, 6.45) is 5.19. The third kappa shape index (κ3) is 5.57. The highest BCUT2D eigenvalue weighted by molar-refractivity contribution is 7.98. The average molecular weight is 408 g/mol. The van der Waals surface area contributed by atoms with Crippen molar-refractivity contribution < 1.29 is 4.79 Å². The SMILES string of the molecule is CCCCc1ccc(NC(=O)Cn2c(SC)nc(-c3ccccc3)cc2=O)cc1. The molecule has 5 nitrogen and oxygen atoms in total. The summed E-state index contributed by atoms with van der Waals surface area (Å²) < 4.78 is 1.40. The summed E-state index contributed by atoms with van der Waals surface area (Å²) >= 11 is 1.35. The van der Waals surface area contributed by atoms with Gasteiger partial charge in [-0.15, -0.1) is 0 Å². The lowest BCUT2D eigenvalue weighted by molar-refractivity contribution is -0.116. The van der Waals surface area contributed by atoms with Crippen LogP contribution in [0.25, 0.3) is 11.3 Å². The van der Waals surface area contributed by atoms with Crippen molar-refractivity contribution in [3.8, 4) is 11.3 Å². The van der Waals surface area contributed by atoms with Gasteiger partial charge in [-0.3, -0.25) is 14.2 Å². The molecule has 2 aromatic carbocycles. The van der Waals surface area contributed by atoms with Gasteiger partial charge in [0.1, 0.15) is 6.54 Å². The largest absolute Gasteiger partial charge is 0.325 e. The lowest BCUT2D eigenvalue weighted by atomic mass is 10.1. The molecule has 0 saturated heterocycles. The maximum absolute atomic E-state index is 12.7. The molecule has 150 valence electrons. The van der Waals surface area contributed by atoms with Crippen LogP contribution in [0.5, 0.6) is 0 Å². The second-order valence-corrected chi connectivity index (χ2v) is 7.54. The van der Waals surface area contributed by atoms with E-state index in [1.54, 1.807) is 0 Å². The second kappa shape index (κ2) is 10.1. The van der Waals surface area contributed by atoms with Gasteiger partial charge in [-0.1, -0.05) is 67.6 Å². The summed E-state index contributed by atoms with van der Waals surface area (Å²) in [5, 5.41) is 3.38. The van der Waals surface area contributed by atoms with Crippen molar-refractivity contribution in [1.82, 2.24) is 9.55 Å². The molecule has 1 amide bonds. The van der Waals surface area contributed by atoms with Crippen LogP contribution in [0.4, 0.5) is 5.69 Å². The molecule has 3 aromatic rings. The van der Waals surface area contributed by atoms with Crippen molar-refractivity contribution in [1.29, 1.82) is 0 Å². The molecule has 1 aromatic heterocycles. The number of hydrogen-bond acceptors (Lipinski definition) is 4. The molecule has 0 atom stereocenters. The van der Waals surface area contributed by atoms with Crippen molar-refractivity contribution in [2.24, 2.45) is 0 Å². The van der Waals surface area contributed by atoms with Crippen LogP contribution in [-0.2, 0) is 17.8 Å². The van der Waals surface area contributed by atoms with E-state index in [0.29, 0.717) is 10.9 Å². The summed E-state index contributed by atoms with van der Waals surface area (Å²) in [6.45, 7) is 2.09. The number of rotatable bonds is 8. The molecule has 0 radical (unpaired) electrons. The fourth-order valence-electron chi connectivity index (χ4n) is 3.02. The van der Waals surface area contributed by atoms with Crippen molar-refractivity contribution >= 4 is 23.4 Å². The number of amides is 1. The Labute approximate surface area is 175 Å². The summed E-state index contributed by atoms with van der Waals surface area (Å²) in [4.78, 5) is 29.7. The first kappa shape index (κ1) is 20.9. The van der Waals surface area contributed by atoms with E-state index in [4.69, 9.17) is 0 Å². The number of anilines is 1. The molecule has 1 heterocycles. The number of hydrogen-bond donors (Lipinski definition) is 1. The van der Waals surface area contributed by atoms with Crippen LogP contribution in [0, 0.1) is 0 Å². The highest BCUT2D eigenvalue weighted by atomic mass is 32.2. The number of carbonyl (C=O) groups is 1. The fourth-order valence-corrected chi connectivity index (χ4v) is 3.59. The first-order chi connectivity index (χ1) is 14.1. The van der Waals surface area contributed by atoms with Gasteiger partial charge in [0.15, 0.2) is 5.16 Å². The highest BCUT2D eigenvalue weighted by Crippen LogP contribution is 2.19. The molecular formula is C23H25N3O2S. The van der Waals surface area contributed by atoms with E-state index < -0.39 is 0 Å². The van der Waals surface area contributed by atoms with Gasteiger partial charge in [0.25, 0.3) is 5.56 Å². The molecule has 3 rings (SSSR count). The molecule has 0 fully saturated rings. The van der Waals surface area contributed by atoms with Gasteiger partial charge in [0.2, 0.25) is 5.91 Å². The molecule has 0 spiro atoms. The second-order valence-electron chi connectivity index (χ2n) is 6.77. The normalized spacial score (nSPS) is 10.7. The molecule has 0 unspecified atom stereocenters. The van der Waals surface area contributed by atoms with E-state index in [0.717, 1.165) is 30.5 Å². The van der Waals surface area contributed by atoms with Crippen LogP contribution < -0.4 is 10.9 Å². The molecule has 0 aliphatic rings. The Morgan fingerprint density at radius 3 is 2.48 bits per heavy atom. The van der Waals surface area contributed by atoms with Gasteiger partial charge < -0.3 is 5.32 Å². The number of benzene rings is 2. The Morgan fingerprint density at radius 1 is 1.10 bits per heavy atom. The van der Waals surface area contributed by atoms with Gasteiger partial charge in [-0.25, -0.2) is 4.98 Å². The molecular weight excluding hydrogens is 382 g/mol. The van der Waals surface area contributed by atoms with Gasteiger partial charge in [-0.2, -0.15) is 0 Å². The van der Waals surface area contributed by atoms with E-state index in [1.165, 1.54) is 28.0 Å². The zero-order chi connectivity index (χ0) is 20.6. The van der Waals surface area contributed by atoms with Crippen LogP contribution in [0.15, 0.2) is 70.6 Å². The van der Waals surface area contributed by atoms with Crippen molar-refractivity contribution in [3.63, 3.8) is 0 Å². The predicted octanol–water partition coefficient (Wildman–Crippen LogP) is 4.61. The van der Waals surface area contributed by atoms with Crippen molar-refractivity contribution in [2.75, 3.05) is 11.6 Å². The minimum Gasteiger partial charge on any atom is -0.325 e. The van der Waals surface area contributed by atoms with Crippen LogP contribution in [0.1, 0.15) is 25.3 Å². The molecule has 0 saturated carbocycles. The number of carbonyl (C=O) groups excluding carboxylic acids is 1. The number of nitrogens with zero attached hydrogens (tertiary/aromatic N) is 2. The van der Waals surface area contributed by atoms with E-state index in [2.05, 4.69) is 17.2 Å². The Morgan fingerprint density at radius 2 is 1.83 bits per heavy atom. The third-order valence-corrected chi connectivity index (χ3v) is 5.26. The molecule has 6 heteroatoms. The zero-order valence-corrected chi connectivity index (χ0v) is 17.5. The minimum absolute atomic E-state index is 0.0747. The molecule has 0 aliphatic heterocycles. The molecule has 0 aliphatic carbocycles. The van der Waals surface area contributed by atoms with Gasteiger partial charge >= 0.3 is 0 Å². The first-order valence-corrected chi connectivity index (χ1v) is 10.9. The lowest BCUT2D eigenvalue weighted by Crippen LogP contribution is -2.29. The Kier molecular flexibility index (Phi) is 7.25. The summed E-state index contributed by atoms with van der Waals surface area (Å²) in [7, 11) is 0. The van der Waals surface area contributed by atoms with E-state index >= 15 is 0 Å².